The number of halogens is 1. The van der Waals surface area contributed by atoms with Crippen LogP contribution in [0.4, 0.5) is 0 Å². The zero-order valence-electron chi connectivity index (χ0n) is 13.6. The molecule has 0 amide bonds. The van der Waals surface area contributed by atoms with Crippen LogP contribution in [0.3, 0.4) is 0 Å². The number of aliphatic imine (C=N–C) groups is 1. The highest BCUT2D eigenvalue weighted by molar-refractivity contribution is 14.0. The number of nitrogens with one attached hydrogen (secondary N) is 2. The molecule has 0 aliphatic heterocycles. The molecule has 2 N–H and O–H groups in total. The van der Waals surface area contributed by atoms with Gasteiger partial charge in [-0.3, -0.25) is 9.39 Å². The highest BCUT2D eigenvalue weighted by atomic mass is 127. The molecule has 2 aromatic heterocycles. The SMILES string of the molecule is CN=C(NCCC(C)(C)C)NCc1nnc2ccccn12.I. The molecule has 2 heterocycles. The smallest absolute Gasteiger partial charge is 0.191 e. The molecule has 0 unspecified atom stereocenters. The maximum Gasteiger partial charge on any atom is 0.191 e. The fourth-order valence-electron chi connectivity index (χ4n) is 1.95. The molecule has 0 atom stereocenters. The van der Waals surface area contributed by atoms with Crippen molar-refractivity contribution in [1.29, 1.82) is 0 Å². The lowest BCUT2D eigenvalue weighted by atomic mass is 9.92. The van der Waals surface area contributed by atoms with E-state index in [1.165, 1.54) is 0 Å². The Morgan fingerprint density at radius 3 is 2.68 bits per heavy atom. The Bertz CT molecular complexity index is 614. The number of fused-ring (bicyclic) bond motifs is 1. The first-order chi connectivity index (χ1) is 9.99. The van der Waals surface area contributed by atoms with Crippen molar-refractivity contribution in [1.82, 2.24) is 25.2 Å². The highest BCUT2D eigenvalue weighted by Crippen LogP contribution is 2.16. The lowest BCUT2D eigenvalue weighted by molar-refractivity contribution is 0.377. The molecule has 122 valence electrons. The first kappa shape index (κ1) is 18.7. The lowest BCUT2D eigenvalue weighted by Gasteiger charge is -2.19. The Kier molecular flexibility index (Phi) is 7.05. The summed E-state index contributed by atoms with van der Waals surface area (Å²) in [4.78, 5) is 4.22. The zero-order chi connectivity index (χ0) is 15.3. The van der Waals surface area contributed by atoms with Gasteiger partial charge >= 0.3 is 0 Å². The van der Waals surface area contributed by atoms with Gasteiger partial charge in [-0.25, -0.2) is 0 Å². The van der Waals surface area contributed by atoms with E-state index in [0.29, 0.717) is 12.0 Å². The Hall–Kier alpha value is -1.38. The molecule has 6 nitrogen and oxygen atoms in total. The van der Waals surface area contributed by atoms with Crippen LogP contribution in [-0.4, -0.2) is 34.2 Å². The summed E-state index contributed by atoms with van der Waals surface area (Å²) < 4.78 is 1.97. The molecule has 7 heteroatoms. The molecule has 0 radical (unpaired) electrons. The van der Waals surface area contributed by atoms with Gasteiger partial charge < -0.3 is 10.6 Å². The Morgan fingerprint density at radius 2 is 2.00 bits per heavy atom. The van der Waals surface area contributed by atoms with Crippen molar-refractivity contribution in [2.24, 2.45) is 10.4 Å². The largest absolute Gasteiger partial charge is 0.356 e. The van der Waals surface area contributed by atoms with Crippen LogP contribution in [0, 0.1) is 5.41 Å². The highest BCUT2D eigenvalue weighted by Gasteiger charge is 2.10. The first-order valence-electron chi connectivity index (χ1n) is 7.23. The van der Waals surface area contributed by atoms with Crippen molar-refractivity contribution in [2.45, 2.75) is 33.7 Å². The van der Waals surface area contributed by atoms with E-state index in [1.807, 2.05) is 28.8 Å². The predicted molar refractivity (Wildman–Crippen MR) is 101 cm³/mol. The zero-order valence-corrected chi connectivity index (χ0v) is 16.0. The van der Waals surface area contributed by atoms with Crippen LogP contribution in [0.1, 0.15) is 33.0 Å². The van der Waals surface area contributed by atoms with E-state index in [1.54, 1.807) is 7.05 Å². The minimum absolute atomic E-state index is 0. The van der Waals surface area contributed by atoms with Crippen LogP contribution < -0.4 is 10.6 Å². The lowest BCUT2D eigenvalue weighted by Crippen LogP contribution is -2.38. The molecule has 2 rings (SSSR count). The van der Waals surface area contributed by atoms with E-state index in [9.17, 15) is 0 Å². The third-order valence-corrected chi connectivity index (χ3v) is 3.19. The normalized spacial score (nSPS) is 12.1. The van der Waals surface area contributed by atoms with Crippen LogP contribution in [0.5, 0.6) is 0 Å². The minimum atomic E-state index is 0. The quantitative estimate of drug-likeness (QED) is 0.457. The molecular formula is C15H25IN6. The second kappa shape index (κ2) is 8.30. The van der Waals surface area contributed by atoms with Crippen molar-refractivity contribution in [3.63, 3.8) is 0 Å². The van der Waals surface area contributed by atoms with E-state index < -0.39 is 0 Å². The van der Waals surface area contributed by atoms with Gasteiger partial charge in [0.25, 0.3) is 0 Å². The summed E-state index contributed by atoms with van der Waals surface area (Å²) in [5.41, 5.74) is 1.17. The first-order valence-corrected chi connectivity index (χ1v) is 7.23. The Morgan fingerprint density at radius 1 is 1.23 bits per heavy atom. The summed E-state index contributed by atoms with van der Waals surface area (Å²) in [6.07, 6.45) is 3.05. The topological polar surface area (TPSA) is 66.6 Å². The maximum atomic E-state index is 4.22. The van der Waals surface area contributed by atoms with Crippen molar-refractivity contribution < 1.29 is 0 Å². The number of hydrogen-bond acceptors (Lipinski definition) is 3. The molecule has 0 bridgehead atoms. The fraction of sp³-hybridized carbons (Fsp3) is 0.533. The summed E-state index contributed by atoms with van der Waals surface area (Å²) in [5, 5.41) is 14.9. The van der Waals surface area contributed by atoms with Crippen molar-refractivity contribution in [3.8, 4) is 0 Å². The predicted octanol–water partition coefficient (Wildman–Crippen LogP) is 2.45. The van der Waals surface area contributed by atoms with Crippen molar-refractivity contribution >= 4 is 35.6 Å². The molecule has 22 heavy (non-hydrogen) atoms. The van der Waals surface area contributed by atoms with Gasteiger partial charge in [0.15, 0.2) is 17.4 Å². The molecule has 0 aromatic carbocycles. The van der Waals surface area contributed by atoms with Crippen molar-refractivity contribution in [2.75, 3.05) is 13.6 Å². The van der Waals surface area contributed by atoms with Crippen molar-refractivity contribution in [3.05, 3.63) is 30.2 Å². The number of nitrogens with zero attached hydrogens (tertiary/aromatic N) is 4. The van der Waals surface area contributed by atoms with Gasteiger partial charge in [0.2, 0.25) is 0 Å². The van der Waals surface area contributed by atoms with Crippen LogP contribution in [-0.2, 0) is 6.54 Å². The number of guanidine groups is 1. The average Bonchev–Trinajstić information content (AvgIpc) is 2.85. The van der Waals surface area contributed by atoms with E-state index in [4.69, 9.17) is 0 Å². The summed E-state index contributed by atoms with van der Waals surface area (Å²) in [6, 6.07) is 5.86. The minimum Gasteiger partial charge on any atom is -0.356 e. The van der Waals surface area contributed by atoms with Gasteiger partial charge in [0, 0.05) is 19.8 Å². The van der Waals surface area contributed by atoms with Gasteiger partial charge in [-0.05, 0) is 24.0 Å². The van der Waals surface area contributed by atoms with Crippen LogP contribution >= 0.6 is 24.0 Å². The number of rotatable bonds is 4. The average molecular weight is 416 g/mol. The van der Waals surface area contributed by atoms with Gasteiger partial charge in [0.05, 0.1) is 6.54 Å². The van der Waals surface area contributed by atoms with Crippen LogP contribution in [0.15, 0.2) is 29.4 Å². The van der Waals surface area contributed by atoms with Gasteiger partial charge in [-0.1, -0.05) is 26.8 Å². The van der Waals surface area contributed by atoms with E-state index in [-0.39, 0.29) is 24.0 Å². The number of hydrogen-bond donors (Lipinski definition) is 2. The van der Waals surface area contributed by atoms with E-state index in [2.05, 4.69) is 46.6 Å². The molecule has 0 fully saturated rings. The van der Waals surface area contributed by atoms with Crippen LogP contribution in [0.2, 0.25) is 0 Å². The monoisotopic (exact) mass is 416 g/mol. The molecule has 0 aliphatic rings. The number of aromatic nitrogens is 3. The molecule has 0 saturated heterocycles. The molecule has 0 spiro atoms. The summed E-state index contributed by atoms with van der Waals surface area (Å²) in [6.45, 7) is 8.16. The van der Waals surface area contributed by atoms with Crippen LogP contribution in [0.25, 0.3) is 5.65 Å². The Labute approximate surface area is 148 Å². The second-order valence-corrected chi connectivity index (χ2v) is 6.21. The molecule has 0 saturated carbocycles. The standard InChI is InChI=1S/C15H24N6.HI/c1-15(2,3)8-9-17-14(16-4)18-11-13-20-19-12-7-5-6-10-21(12)13;/h5-7,10H,8-9,11H2,1-4H3,(H2,16,17,18);1H. The molecular weight excluding hydrogens is 391 g/mol. The Balaban J connectivity index is 0.00000242. The van der Waals surface area contributed by atoms with E-state index >= 15 is 0 Å². The number of pyridine rings is 1. The fourth-order valence-corrected chi connectivity index (χ4v) is 1.95. The molecule has 2 aromatic rings. The van der Waals surface area contributed by atoms with Gasteiger partial charge in [0.1, 0.15) is 0 Å². The third kappa shape index (κ3) is 5.43. The maximum absolute atomic E-state index is 4.22. The molecule has 0 aliphatic carbocycles. The summed E-state index contributed by atoms with van der Waals surface area (Å²) in [5.74, 6) is 1.65. The summed E-state index contributed by atoms with van der Waals surface area (Å²) in [7, 11) is 1.77. The third-order valence-electron chi connectivity index (χ3n) is 3.19. The second-order valence-electron chi connectivity index (χ2n) is 6.21. The van der Waals surface area contributed by atoms with Gasteiger partial charge in [-0.15, -0.1) is 34.2 Å². The van der Waals surface area contributed by atoms with E-state index in [0.717, 1.165) is 30.4 Å². The summed E-state index contributed by atoms with van der Waals surface area (Å²) >= 11 is 0. The van der Waals surface area contributed by atoms with Gasteiger partial charge in [-0.2, -0.15) is 0 Å².